The highest BCUT2D eigenvalue weighted by molar-refractivity contribution is 6.53. The van der Waals surface area contributed by atoms with Gasteiger partial charge in [-0.3, -0.25) is 9.59 Å². The Morgan fingerprint density at radius 1 is 1.37 bits per heavy atom. The monoisotopic (exact) mass is 300 g/mol. The molecule has 1 atom stereocenters. The Morgan fingerprint density at radius 3 is 2.42 bits per heavy atom. The number of hydrogen-bond donors (Lipinski definition) is 2. The van der Waals surface area contributed by atoms with E-state index in [9.17, 15) is 9.59 Å². The van der Waals surface area contributed by atoms with Gasteiger partial charge in [-0.25, -0.2) is 0 Å². The number of nitrogens with one attached hydrogen (secondary N) is 1. The summed E-state index contributed by atoms with van der Waals surface area (Å²) in [5.41, 5.74) is 5.88. The molecule has 4 nitrogen and oxygen atoms in total. The smallest absolute Gasteiger partial charge is 0.251 e. The molecular formula is C13H14Cl2N2O2. The summed E-state index contributed by atoms with van der Waals surface area (Å²) in [6.07, 6.45) is 0.382. The minimum Gasteiger partial charge on any atom is -0.366 e. The number of hydrogen-bond acceptors (Lipinski definition) is 2. The number of amides is 2. The topological polar surface area (TPSA) is 72.2 Å². The van der Waals surface area contributed by atoms with Crippen molar-refractivity contribution in [3.05, 3.63) is 29.3 Å². The van der Waals surface area contributed by atoms with E-state index in [1.54, 1.807) is 32.0 Å². The van der Waals surface area contributed by atoms with E-state index in [2.05, 4.69) is 5.32 Å². The van der Waals surface area contributed by atoms with Crippen LogP contribution in [0.4, 0.5) is 5.69 Å². The van der Waals surface area contributed by atoms with E-state index in [-0.39, 0.29) is 5.91 Å². The fraction of sp³-hybridized carbons (Fsp3) is 0.385. The second-order valence-corrected chi connectivity index (χ2v) is 6.51. The van der Waals surface area contributed by atoms with Crippen LogP contribution in [0.5, 0.6) is 0 Å². The lowest BCUT2D eigenvalue weighted by atomic mass is 10.0. The van der Waals surface area contributed by atoms with Gasteiger partial charge in [-0.2, -0.15) is 0 Å². The quantitative estimate of drug-likeness (QED) is 0.842. The third-order valence-corrected chi connectivity index (χ3v) is 4.63. The zero-order chi connectivity index (χ0) is 14.4. The molecule has 0 aromatic heterocycles. The van der Waals surface area contributed by atoms with Crippen molar-refractivity contribution in [2.75, 3.05) is 5.32 Å². The number of anilines is 1. The minimum atomic E-state index is -1.05. The molecule has 1 aliphatic carbocycles. The number of halogens is 2. The van der Waals surface area contributed by atoms with Gasteiger partial charge in [0.15, 0.2) is 0 Å². The van der Waals surface area contributed by atoms with Gasteiger partial charge in [0.05, 0.1) is 16.7 Å². The fourth-order valence-corrected chi connectivity index (χ4v) is 2.71. The van der Waals surface area contributed by atoms with Gasteiger partial charge in [-0.05, 0) is 31.9 Å². The lowest BCUT2D eigenvalue weighted by Crippen LogP contribution is -2.27. The number of carbonyl (C=O) groups is 2. The third-order valence-electron chi connectivity index (χ3n) is 3.53. The molecule has 0 aliphatic heterocycles. The summed E-state index contributed by atoms with van der Waals surface area (Å²) in [5, 5.41) is 2.68. The molecule has 0 saturated heterocycles. The summed E-state index contributed by atoms with van der Waals surface area (Å²) in [6, 6.07) is 5.12. The lowest BCUT2D eigenvalue weighted by molar-refractivity contribution is -0.120. The average Bonchev–Trinajstić information content (AvgIpc) is 2.79. The molecule has 19 heavy (non-hydrogen) atoms. The van der Waals surface area contributed by atoms with E-state index >= 15 is 0 Å². The van der Waals surface area contributed by atoms with Crippen LogP contribution >= 0.6 is 23.2 Å². The van der Waals surface area contributed by atoms with Crippen molar-refractivity contribution >= 4 is 40.7 Å². The summed E-state index contributed by atoms with van der Waals surface area (Å²) < 4.78 is -1.05. The Kier molecular flexibility index (Phi) is 3.27. The van der Waals surface area contributed by atoms with E-state index in [0.717, 1.165) is 0 Å². The highest BCUT2D eigenvalue weighted by Crippen LogP contribution is 2.64. The molecule has 1 aromatic rings. The maximum Gasteiger partial charge on any atom is 0.251 e. The predicted octanol–water partition coefficient (Wildman–Crippen LogP) is 2.62. The Labute approximate surface area is 121 Å². The highest BCUT2D eigenvalue weighted by Gasteiger charge is 2.67. The van der Waals surface area contributed by atoms with Crippen LogP contribution in [0.2, 0.25) is 0 Å². The van der Waals surface area contributed by atoms with Crippen LogP contribution in [0, 0.1) is 12.3 Å². The van der Waals surface area contributed by atoms with E-state index in [1.807, 2.05) is 0 Å². The summed E-state index contributed by atoms with van der Waals surface area (Å²) in [7, 11) is 0. The fourth-order valence-electron chi connectivity index (χ4n) is 2.01. The van der Waals surface area contributed by atoms with Crippen LogP contribution in [0.3, 0.4) is 0 Å². The van der Waals surface area contributed by atoms with Gasteiger partial charge < -0.3 is 11.1 Å². The summed E-state index contributed by atoms with van der Waals surface area (Å²) in [5.74, 6) is -0.900. The molecular weight excluding hydrogens is 287 g/mol. The first kappa shape index (κ1) is 14.2. The Balaban J connectivity index is 2.28. The van der Waals surface area contributed by atoms with Gasteiger partial charge in [0.25, 0.3) is 5.91 Å². The Bertz CT molecular complexity index is 572. The first-order valence-electron chi connectivity index (χ1n) is 5.78. The molecule has 0 bridgehead atoms. The van der Waals surface area contributed by atoms with Crippen LogP contribution in [-0.4, -0.2) is 16.1 Å². The SMILES string of the molecule is Cc1cccc(NC(=O)C2(C)CC2(Cl)Cl)c1C(N)=O. The van der Waals surface area contributed by atoms with Gasteiger partial charge >= 0.3 is 0 Å². The van der Waals surface area contributed by atoms with Crippen molar-refractivity contribution in [1.82, 2.24) is 0 Å². The molecule has 0 radical (unpaired) electrons. The molecule has 1 aromatic carbocycles. The normalized spacial score (nSPS) is 23.8. The molecule has 1 fully saturated rings. The number of alkyl halides is 2. The van der Waals surface area contributed by atoms with Crippen molar-refractivity contribution in [2.24, 2.45) is 11.1 Å². The Hall–Kier alpha value is -1.26. The standard InChI is InChI=1S/C13H14Cl2N2O2/c1-7-4-3-5-8(9(7)10(16)18)17-11(19)12(2)6-13(12,14)15/h3-5H,6H2,1-2H3,(H2,16,18)(H,17,19). The van der Waals surface area contributed by atoms with Gasteiger partial charge in [0.2, 0.25) is 5.91 Å². The zero-order valence-electron chi connectivity index (χ0n) is 10.6. The molecule has 0 spiro atoms. The second-order valence-electron chi connectivity index (χ2n) is 5.03. The summed E-state index contributed by atoms with van der Waals surface area (Å²) in [4.78, 5) is 23.6. The predicted molar refractivity (Wildman–Crippen MR) is 75.5 cm³/mol. The summed E-state index contributed by atoms with van der Waals surface area (Å²) >= 11 is 11.9. The van der Waals surface area contributed by atoms with Gasteiger partial charge in [0, 0.05) is 0 Å². The van der Waals surface area contributed by atoms with E-state index in [4.69, 9.17) is 28.9 Å². The summed E-state index contributed by atoms with van der Waals surface area (Å²) in [6.45, 7) is 3.43. The van der Waals surface area contributed by atoms with E-state index in [1.165, 1.54) is 0 Å². The largest absolute Gasteiger partial charge is 0.366 e. The molecule has 2 amide bonds. The zero-order valence-corrected chi connectivity index (χ0v) is 12.1. The molecule has 0 heterocycles. The maximum absolute atomic E-state index is 12.2. The van der Waals surface area contributed by atoms with Crippen LogP contribution in [0.1, 0.15) is 29.3 Å². The molecule has 1 saturated carbocycles. The average molecular weight is 301 g/mol. The van der Waals surface area contributed by atoms with Crippen molar-refractivity contribution in [2.45, 2.75) is 24.6 Å². The van der Waals surface area contributed by atoms with Gasteiger partial charge in [0.1, 0.15) is 4.33 Å². The Morgan fingerprint density at radius 2 is 1.95 bits per heavy atom. The molecule has 1 aliphatic rings. The van der Waals surface area contributed by atoms with Gasteiger partial charge in [-0.15, -0.1) is 23.2 Å². The van der Waals surface area contributed by atoms with Crippen molar-refractivity contribution in [3.63, 3.8) is 0 Å². The number of carbonyl (C=O) groups excluding carboxylic acids is 2. The van der Waals surface area contributed by atoms with Crippen LogP contribution in [-0.2, 0) is 4.79 Å². The maximum atomic E-state index is 12.2. The highest BCUT2D eigenvalue weighted by atomic mass is 35.5. The van der Waals surface area contributed by atoms with Crippen molar-refractivity contribution < 1.29 is 9.59 Å². The van der Waals surface area contributed by atoms with Crippen LogP contribution < -0.4 is 11.1 Å². The van der Waals surface area contributed by atoms with Crippen molar-refractivity contribution in [3.8, 4) is 0 Å². The minimum absolute atomic E-state index is 0.301. The third kappa shape index (κ3) is 2.30. The first-order valence-corrected chi connectivity index (χ1v) is 6.53. The van der Waals surface area contributed by atoms with Crippen molar-refractivity contribution in [1.29, 1.82) is 0 Å². The number of aryl methyl sites for hydroxylation is 1. The first-order chi connectivity index (χ1) is 8.69. The molecule has 1 unspecified atom stereocenters. The number of rotatable bonds is 3. The van der Waals surface area contributed by atoms with E-state index < -0.39 is 15.7 Å². The van der Waals surface area contributed by atoms with E-state index in [0.29, 0.717) is 23.2 Å². The van der Waals surface area contributed by atoms with Gasteiger partial charge in [-0.1, -0.05) is 12.1 Å². The van der Waals surface area contributed by atoms with Crippen LogP contribution in [0.15, 0.2) is 18.2 Å². The lowest BCUT2D eigenvalue weighted by Gasteiger charge is -2.15. The number of benzene rings is 1. The number of nitrogens with two attached hydrogens (primary N) is 1. The second kappa shape index (κ2) is 4.39. The molecule has 3 N–H and O–H groups in total. The number of primary amides is 1. The molecule has 6 heteroatoms. The van der Waals surface area contributed by atoms with Crippen LogP contribution in [0.25, 0.3) is 0 Å². The molecule has 2 rings (SSSR count). The molecule has 102 valence electrons.